The summed E-state index contributed by atoms with van der Waals surface area (Å²) in [5, 5.41) is 1.06. The molecule has 1 aliphatic rings. The molecule has 0 saturated carbocycles. The normalized spacial score (nSPS) is 15.4. The first-order valence-corrected chi connectivity index (χ1v) is 11.6. The quantitative estimate of drug-likeness (QED) is 0.492. The van der Waals surface area contributed by atoms with Crippen LogP contribution in [0.5, 0.6) is 11.5 Å². The van der Waals surface area contributed by atoms with E-state index in [1.807, 2.05) is 30.0 Å². The van der Waals surface area contributed by atoms with Gasteiger partial charge in [0.05, 0.1) is 31.4 Å². The van der Waals surface area contributed by atoms with Gasteiger partial charge in [0.1, 0.15) is 17.3 Å². The molecule has 34 heavy (non-hydrogen) atoms. The highest BCUT2D eigenvalue weighted by atomic mass is 16.5. The SMILES string of the molecule is COc1ccc(OC)c(C(=O)N(Cc2cc3cccc(C)c3nc2N(C)C)CC2CCCO2)c1. The predicted octanol–water partition coefficient (Wildman–Crippen LogP) is 4.45. The number of fused-ring (bicyclic) bond motifs is 1. The van der Waals surface area contributed by atoms with Crippen molar-refractivity contribution in [2.75, 3.05) is 46.4 Å². The summed E-state index contributed by atoms with van der Waals surface area (Å²) in [6.07, 6.45) is 1.96. The Balaban J connectivity index is 1.76. The minimum absolute atomic E-state index is 0.0130. The molecule has 2 heterocycles. The van der Waals surface area contributed by atoms with E-state index >= 15 is 0 Å². The molecule has 7 nitrogen and oxygen atoms in total. The van der Waals surface area contributed by atoms with Gasteiger partial charge in [-0.25, -0.2) is 4.98 Å². The maximum atomic E-state index is 13.9. The Labute approximate surface area is 201 Å². The number of anilines is 1. The van der Waals surface area contributed by atoms with Gasteiger partial charge >= 0.3 is 0 Å². The number of methoxy groups -OCH3 is 2. The summed E-state index contributed by atoms with van der Waals surface area (Å²) in [4.78, 5) is 22.7. The van der Waals surface area contributed by atoms with E-state index in [9.17, 15) is 4.79 Å². The Bertz CT molecular complexity index is 1170. The van der Waals surface area contributed by atoms with Crippen LogP contribution in [-0.4, -0.2) is 63.4 Å². The minimum atomic E-state index is -0.125. The fourth-order valence-corrected chi connectivity index (χ4v) is 4.49. The van der Waals surface area contributed by atoms with Gasteiger partial charge in [-0.1, -0.05) is 18.2 Å². The Hall–Kier alpha value is -3.32. The van der Waals surface area contributed by atoms with Crippen LogP contribution in [0.2, 0.25) is 0 Å². The Kier molecular flexibility index (Phi) is 7.22. The van der Waals surface area contributed by atoms with Crippen LogP contribution in [0.3, 0.4) is 0 Å². The maximum absolute atomic E-state index is 13.9. The highest BCUT2D eigenvalue weighted by molar-refractivity contribution is 5.97. The van der Waals surface area contributed by atoms with Crippen molar-refractivity contribution in [1.82, 2.24) is 9.88 Å². The third-order valence-electron chi connectivity index (χ3n) is 6.26. The number of carbonyl (C=O) groups excluding carboxylic acids is 1. The summed E-state index contributed by atoms with van der Waals surface area (Å²) in [7, 11) is 7.12. The molecule has 7 heteroatoms. The molecule has 1 aliphatic heterocycles. The van der Waals surface area contributed by atoms with E-state index in [4.69, 9.17) is 19.2 Å². The van der Waals surface area contributed by atoms with E-state index in [-0.39, 0.29) is 12.0 Å². The number of hydrogen-bond donors (Lipinski definition) is 0. The zero-order valence-electron chi connectivity index (χ0n) is 20.6. The summed E-state index contributed by atoms with van der Waals surface area (Å²) in [5.74, 6) is 1.85. The van der Waals surface area contributed by atoms with Crippen molar-refractivity contribution >= 4 is 22.6 Å². The second-order valence-electron chi connectivity index (χ2n) is 8.90. The van der Waals surface area contributed by atoms with Gasteiger partial charge in [-0.15, -0.1) is 0 Å². The molecule has 1 aromatic heterocycles. The Morgan fingerprint density at radius 1 is 1.15 bits per heavy atom. The average Bonchev–Trinajstić information content (AvgIpc) is 3.35. The van der Waals surface area contributed by atoms with Crippen LogP contribution < -0.4 is 14.4 Å². The topological polar surface area (TPSA) is 64.1 Å². The standard InChI is InChI=1S/C27H33N3O4/c1-18-8-6-9-19-14-20(26(29(2)3)28-25(18)19)16-30(17-22-10-7-13-34-22)27(31)23-15-21(32-4)11-12-24(23)33-5/h6,8-9,11-12,14-15,22H,7,10,13,16-17H2,1-5H3. The van der Waals surface area contributed by atoms with E-state index in [0.29, 0.717) is 30.2 Å². The number of amides is 1. The molecule has 1 fully saturated rings. The van der Waals surface area contributed by atoms with Crippen LogP contribution in [-0.2, 0) is 11.3 Å². The summed E-state index contributed by atoms with van der Waals surface area (Å²) in [6.45, 7) is 3.70. The molecule has 1 saturated heterocycles. The monoisotopic (exact) mass is 463 g/mol. The molecule has 180 valence electrons. The number of rotatable bonds is 8. The van der Waals surface area contributed by atoms with Crippen molar-refractivity contribution in [2.45, 2.75) is 32.4 Å². The van der Waals surface area contributed by atoms with E-state index in [0.717, 1.165) is 47.3 Å². The second-order valence-corrected chi connectivity index (χ2v) is 8.90. The molecular weight excluding hydrogens is 430 g/mol. The first kappa shape index (κ1) is 23.8. The third-order valence-corrected chi connectivity index (χ3v) is 6.26. The van der Waals surface area contributed by atoms with Gasteiger partial charge < -0.3 is 24.0 Å². The zero-order chi connectivity index (χ0) is 24.2. The predicted molar refractivity (Wildman–Crippen MR) is 134 cm³/mol. The highest BCUT2D eigenvalue weighted by Crippen LogP contribution is 2.30. The van der Waals surface area contributed by atoms with Gasteiger partial charge in [0.25, 0.3) is 5.91 Å². The molecular formula is C27H33N3O4. The number of benzene rings is 2. The van der Waals surface area contributed by atoms with Crippen molar-refractivity contribution in [3.8, 4) is 11.5 Å². The molecule has 1 atom stereocenters. The highest BCUT2D eigenvalue weighted by Gasteiger charge is 2.27. The second kappa shape index (κ2) is 10.3. The number of pyridine rings is 1. The first-order chi connectivity index (χ1) is 16.4. The zero-order valence-corrected chi connectivity index (χ0v) is 20.6. The average molecular weight is 464 g/mol. The maximum Gasteiger partial charge on any atom is 0.258 e. The van der Waals surface area contributed by atoms with Crippen LogP contribution >= 0.6 is 0 Å². The van der Waals surface area contributed by atoms with Crippen molar-refractivity contribution in [3.05, 3.63) is 59.2 Å². The molecule has 0 radical (unpaired) electrons. The fourth-order valence-electron chi connectivity index (χ4n) is 4.49. The number of aromatic nitrogens is 1. The van der Waals surface area contributed by atoms with Crippen LogP contribution in [0.15, 0.2) is 42.5 Å². The van der Waals surface area contributed by atoms with Crippen LogP contribution in [0.1, 0.15) is 34.3 Å². The smallest absolute Gasteiger partial charge is 0.258 e. The minimum Gasteiger partial charge on any atom is -0.497 e. The van der Waals surface area contributed by atoms with Gasteiger partial charge in [-0.05, 0) is 49.6 Å². The summed E-state index contributed by atoms with van der Waals surface area (Å²) < 4.78 is 16.8. The lowest BCUT2D eigenvalue weighted by atomic mass is 10.1. The van der Waals surface area contributed by atoms with Crippen LogP contribution in [0.4, 0.5) is 5.82 Å². The van der Waals surface area contributed by atoms with Crippen molar-refractivity contribution in [3.63, 3.8) is 0 Å². The first-order valence-electron chi connectivity index (χ1n) is 11.6. The molecule has 0 spiro atoms. The number of nitrogens with zero attached hydrogens (tertiary/aromatic N) is 3. The third kappa shape index (κ3) is 4.94. The molecule has 2 aromatic carbocycles. The number of carbonyl (C=O) groups is 1. The Morgan fingerprint density at radius 3 is 2.65 bits per heavy atom. The van der Waals surface area contributed by atoms with Crippen LogP contribution in [0, 0.1) is 6.92 Å². The lowest BCUT2D eigenvalue weighted by molar-refractivity contribution is 0.0505. The summed E-state index contributed by atoms with van der Waals surface area (Å²) in [5.41, 5.74) is 3.55. The number of ether oxygens (including phenoxy) is 3. The molecule has 1 amide bonds. The van der Waals surface area contributed by atoms with E-state index in [1.165, 1.54) is 0 Å². The van der Waals surface area contributed by atoms with E-state index < -0.39 is 0 Å². The lowest BCUT2D eigenvalue weighted by Gasteiger charge is -2.28. The van der Waals surface area contributed by atoms with E-state index in [2.05, 4.69) is 25.1 Å². The van der Waals surface area contributed by atoms with Crippen molar-refractivity contribution in [1.29, 1.82) is 0 Å². The van der Waals surface area contributed by atoms with Crippen molar-refractivity contribution < 1.29 is 19.0 Å². The molecule has 4 rings (SSSR count). The molecule has 1 unspecified atom stereocenters. The summed E-state index contributed by atoms with van der Waals surface area (Å²) >= 11 is 0. The molecule has 3 aromatic rings. The Morgan fingerprint density at radius 2 is 1.97 bits per heavy atom. The van der Waals surface area contributed by atoms with E-state index in [1.54, 1.807) is 32.4 Å². The largest absolute Gasteiger partial charge is 0.497 e. The number of para-hydroxylation sites is 1. The van der Waals surface area contributed by atoms with Gasteiger partial charge in [-0.2, -0.15) is 0 Å². The number of hydrogen-bond acceptors (Lipinski definition) is 6. The number of aryl methyl sites for hydroxylation is 1. The van der Waals surface area contributed by atoms with Gasteiger partial charge in [0.15, 0.2) is 0 Å². The van der Waals surface area contributed by atoms with Crippen LogP contribution in [0.25, 0.3) is 10.9 Å². The van der Waals surface area contributed by atoms with Gasteiger partial charge in [-0.3, -0.25) is 4.79 Å². The van der Waals surface area contributed by atoms with Gasteiger partial charge in [0.2, 0.25) is 0 Å². The molecule has 0 N–H and O–H groups in total. The molecule has 0 bridgehead atoms. The van der Waals surface area contributed by atoms with Crippen molar-refractivity contribution in [2.24, 2.45) is 0 Å². The summed E-state index contributed by atoms with van der Waals surface area (Å²) in [6, 6.07) is 13.6. The lowest BCUT2D eigenvalue weighted by Crippen LogP contribution is -2.37. The molecule has 0 aliphatic carbocycles. The van der Waals surface area contributed by atoms with Gasteiger partial charge in [0, 0.05) is 44.7 Å². The fraction of sp³-hybridized carbons (Fsp3) is 0.407.